The SMILES string of the molecule is CCNC(C)c1ccc(F)cc1Cc1ccccn1. The maximum absolute atomic E-state index is 13.5. The summed E-state index contributed by atoms with van der Waals surface area (Å²) in [5, 5.41) is 3.36. The molecule has 0 radical (unpaired) electrons. The molecule has 0 saturated carbocycles. The third-order valence-electron chi connectivity index (χ3n) is 3.18. The molecule has 0 saturated heterocycles. The fourth-order valence-corrected chi connectivity index (χ4v) is 2.26. The van der Waals surface area contributed by atoms with Gasteiger partial charge in [-0.15, -0.1) is 0 Å². The van der Waals surface area contributed by atoms with E-state index in [-0.39, 0.29) is 11.9 Å². The number of benzene rings is 1. The van der Waals surface area contributed by atoms with Gasteiger partial charge in [0.2, 0.25) is 0 Å². The van der Waals surface area contributed by atoms with Gasteiger partial charge in [0.1, 0.15) is 5.82 Å². The minimum absolute atomic E-state index is 0.196. The van der Waals surface area contributed by atoms with E-state index in [1.807, 2.05) is 24.3 Å². The first-order valence-corrected chi connectivity index (χ1v) is 6.62. The van der Waals surface area contributed by atoms with Crippen molar-refractivity contribution in [2.45, 2.75) is 26.3 Å². The van der Waals surface area contributed by atoms with Crippen LogP contribution in [0.15, 0.2) is 42.6 Å². The zero-order valence-electron chi connectivity index (χ0n) is 11.4. The molecule has 2 aromatic rings. The lowest BCUT2D eigenvalue weighted by molar-refractivity contribution is 0.586. The maximum atomic E-state index is 13.5. The molecule has 3 heteroatoms. The van der Waals surface area contributed by atoms with Crippen molar-refractivity contribution in [3.63, 3.8) is 0 Å². The van der Waals surface area contributed by atoms with Crippen molar-refractivity contribution in [2.24, 2.45) is 0 Å². The van der Waals surface area contributed by atoms with Crippen LogP contribution in [0.3, 0.4) is 0 Å². The third kappa shape index (κ3) is 3.61. The molecular formula is C16H19FN2. The standard InChI is InChI=1S/C16H19FN2/c1-3-18-12(2)16-8-7-14(17)10-13(16)11-15-6-4-5-9-19-15/h4-10,12,18H,3,11H2,1-2H3. The van der Waals surface area contributed by atoms with Crippen LogP contribution in [-0.4, -0.2) is 11.5 Å². The molecule has 0 amide bonds. The Morgan fingerprint density at radius 2 is 2.11 bits per heavy atom. The van der Waals surface area contributed by atoms with Crippen LogP contribution in [0.25, 0.3) is 0 Å². The highest BCUT2D eigenvalue weighted by atomic mass is 19.1. The van der Waals surface area contributed by atoms with Crippen molar-refractivity contribution >= 4 is 0 Å². The largest absolute Gasteiger partial charge is 0.310 e. The number of halogens is 1. The van der Waals surface area contributed by atoms with Gasteiger partial charge in [0.25, 0.3) is 0 Å². The first-order valence-electron chi connectivity index (χ1n) is 6.62. The second-order valence-electron chi connectivity index (χ2n) is 4.62. The average molecular weight is 258 g/mol. The molecule has 0 aliphatic rings. The molecule has 0 spiro atoms. The number of nitrogens with zero attached hydrogens (tertiary/aromatic N) is 1. The van der Waals surface area contributed by atoms with E-state index in [1.54, 1.807) is 12.3 Å². The zero-order chi connectivity index (χ0) is 13.7. The summed E-state index contributed by atoms with van der Waals surface area (Å²) >= 11 is 0. The van der Waals surface area contributed by atoms with E-state index in [2.05, 4.69) is 24.1 Å². The monoisotopic (exact) mass is 258 g/mol. The summed E-state index contributed by atoms with van der Waals surface area (Å²) in [7, 11) is 0. The first kappa shape index (κ1) is 13.7. The van der Waals surface area contributed by atoms with Crippen LogP contribution in [0.5, 0.6) is 0 Å². The highest BCUT2D eigenvalue weighted by Crippen LogP contribution is 2.21. The topological polar surface area (TPSA) is 24.9 Å². The van der Waals surface area contributed by atoms with Crippen LogP contribution in [0.2, 0.25) is 0 Å². The minimum atomic E-state index is -0.196. The molecule has 1 aromatic carbocycles. The summed E-state index contributed by atoms with van der Waals surface area (Å²) in [5.74, 6) is -0.196. The van der Waals surface area contributed by atoms with Gasteiger partial charge < -0.3 is 5.32 Å². The van der Waals surface area contributed by atoms with Crippen molar-refractivity contribution in [2.75, 3.05) is 6.54 Å². The quantitative estimate of drug-likeness (QED) is 0.888. The summed E-state index contributed by atoms with van der Waals surface area (Å²) in [6.45, 7) is 5.05. The van der Waals surface area contributed by atoms with Gasteiger partial charge in [0.05, 0.1) is 0 Å². The maximum Gasteiger partial charge on any atom is 0.123 e. The van der Waals surface area contributed by atoms with Gasteiger partial charge in [-0.3, -0.25) is 4.98 Å². The molecular weight excluding hydrogens is 239 g/mol. The zero-order valence-corrected chi connectivity index (χ0v) is 11.4. The molecule has 0 bridgehead atoms. The molecule has 0 fully saturated rings. The van der Waals surface area contributed by atoms with E-state index in [4.69, 9.17) is 0 Å². The fraction of sp³-hybridized carbons (Fsp3) is 0.312. The van der Waals surface area contributed by atoms with Gasteiger partial charge in [-0.25, -0.2) is 4.39 Å². The van der Waals surface area contributed by atoms with Crippen molar-refractivity contribution in [1.29, 1.82) is 0 Å². The molecule has 100 valence electrons. The van der Waals surface area contributed by atoms with E-state index in [0.717, 1.165) is 23.4 Å². The van der Waals surface area contributed by atoms with Gasteiger partial charge in [-0.1, -0.05) is 19.1 Å². The normalized spacial score (nSPS) is 12.4. The lowest BCUT2D eigenvalue weighted by Gasteiger charge is -2.17. The average Bonchev–Trinajstić information content (AvgIpc) is 2.40. The second kappa shape index (κ2) is 6.43. The molecule has 1 atom stereocenters. The third-order valence-corrected chi connectivity index (χ3v) is 3.18. The van der Waals surface area contributed by atoms with Crippen molar-refractivity contribution in [1.82, 2.24) is 10.3 Å². The number of hydrogen-bond donors (Lipinski definition) is 1. The van der Waals surface area contributed by atoms with E-state index < -0.39 is 0 Å². The summed E-state index contributed by atoms with van der Waals surface area (Å²) in [4.78, 5) is 4.31. The van der Waals surface area contributed by atoms with E-state index in [9.17, 15) is 4.39 Å². The van der Waals surface area contributed by atoms with E-state index >= 15 is 0 Å². The Morgan fingerprint density at radius 1 is 1.26 bits per heavy atom. The number of hydrogen-bond acceptors (Lipinski definition) is 2. The van der Waals surface area contributed by atoms with Gasteiger partial charge in [0, 0.05) is 24.4 Å². The molecule has 2 rings (SSSR count). The van der Waals surface area contributed by atoms with Crippen molar-refractivity contribution < 1.29 is 4.39 Å². The first-order chi connectivity index (χ1) is 9.20. The Labute approximate surface area is 113 Å². The van der Waals surface area contributed by atoms with Crippen molar-refractivity contribution in [3.8, 4) is 0 Å². The number of aromatic nitrogens is 1. The lowest BCUT2D eigenvalue weighted by Crippen LogP contribution is -2.19. The van der Waals surface area contributed by atoms with Crippen LogP contribution < -0.4 is 5.32 Å². The number of pyridine rings is 1. The summed E-state index contributed by atoms with van der Waals surface area (Å²) in [6, 6.07) is 11.0. The number of nitrogens with one attached hydrogen (secondary N) is 1. The van der Waals surface area contributed by atoms with Gasteiger partial charge in [-0.2, -0.15) is 0 Å². The summed E-state index contributed by atoms with van der Waals surface area (Å²) < 4.78 is 13.5. The van der Waals surface area contributed by atoms with Crippen LogP contribution in [0, 0.1) is 5.82 Å². The van der Waals surface area contributed by atoms with E-state index in [0.29, 0.717) is 6.42 Å². The summed E-state index contributed by atoms with van der Waals surface area (Å²) in [5.41, 5.74) is 3.08. The molecule has 1 heterocycles. The highest BCUT2D eigenvalue weighted by molar-refractivity contribution is 5.33. The highest BCUT2D eigenvalue weighted by Gasteiger charge is 2.11. The predicted octanol–water partition coefficient (Wildman–Crippen LogP) is 3.48. The molecule has 0 aliphatic carbocycles. The Morgan fingerprint density at radius 3 is 2.79 bits per heavy atom. The summed E-state index contributed by atoms with van der Waals surface area (Å²) in [6.07, 6.45) is 2.42. The predicted molar refractivity (Wildman–Crippen MR) is 75.5 cm³/mol. The lowest BCUT2D eigenvalue weighted by atomic mass is 9.97. The van der Waals surface area contributed by atoms with Crippen LogP contribution in [0.4, 0.5) is 4.39 Å². The molecule has 1 unspecified atom stereocenters. The Hall–Kier alpha value is -1.74. The Bertz CT molecular complexity index is 526. The fourth-order valence-electron chi connectivity index (χ4n) is 2.26. The smallest absolute Gasteiger partial charge is 0.123 e. The Kier molecular flexibility index (Phi) is 4.63. The second-order valence-corrected chi connectivity index (χ2v) is 4.62. The van der Waals surface area contributed by atoms with Crippen LogP contribution in [-0.2, 0) is 6.42 Å². The Balaban J connectivity index is 2.29. The molecule has 0 aliphatic heterocycles. The van der Waals surface area contributed by atoms with E-state index in [1.165, 1.54) is 6.07 Å². The van der Waals surface area contributed by atoms with Crippen LogP contribution in [0.1, 0.15) is 36.7 Å². The molecule has 19 heavy (non-hydrogen) atoms. The van der Waals surface area contributed by atoms with Gasteiger partial charge >= 0.3 is 0 Å². The molecule has 2 nitrogen and oxygen atoms in total. The van der Waals surface area contributed by atoms with Crippen molar-refractivity contribution in [3.05, 3.63) is 65.2 Å². The molecule has 1 aromatic heterocycles. The minimum Gasteiger partial charge on any atom is -0.310 e. The van der Waals surface area contributed by atoms with Gasteiger partial charge in [-0.05, 0) is 48.9 Å². The van der Waals surface area contributed by atoms with Gasteiger partial charge in [0.15, 0.2) is 0 Å². The van der Waals surface area contributed by atoms with Crippen LogP contribution >= 0.6 is 0 Å². The molecule has 1 N–H and O–H groups in total. The number of rotatable bonds is 5.